The molecule has 1 atom stereocenters. The van der Waals surface area contributed by atoms with Gasteiger partial charge in [0.1, 0.15) is 12.1 Å². The maximum atomic E-state index is 14.0. The first kappa shape index (κ1) is 30.7. The van der Waals surface area contributed by atoms with Crippen LogP contribution in [0.1, 0.15) is 54.9 Å². The zero-order chi connectivity index (χ0) is 31.6. The summed E-state index contributed by atoms with van der Waals surface area (Å²) >= 11 is 6.08. The summed E-state index contributed by atoms with van der Waals surface area (Å²) in [6.45, 7) is 2.99. The number of nitrogens with one attached hydrogen (secondary N) is 2. The highest BCUT2D eigenvalue weighted by Crippen LogP contribution is 2.47. The number of nitrogens with zero attached hydrogens (tertiary/aromatic N) is 5. The van der Waals surface area contributed by atoms with E-state index in [9.17, 15) is 31.2 Å². The Hall–Kier alpha value is -3.31. The molecule has 0 unspecified atom stereocenters. The molecule has 1 spiro atoms. The van der Waals surface area contributed by atoms with Crippen molar-refractivity contribution < 1.29 is 31.1 Å². The molecule has 1 aromatic carbocycles. The van der Waals surface area contributed by atoms with Gasteiger partial charge < -0.3 is 19.9 Å². The third kappa shape index (κ3) is 5.42. The quantitative estimate of drug-likeness (QED) is 0.428. The van der Waals surface area contributed by atoms with Crippen LogP contribution in [0.5, 0.6) is 0 Å². The van der Waals surface area contributed by atoms with Gasteiger partial charge in [0, 0.05) is 13.1 Å². The van der Waals surface area contributed by atoms with Gasteiger partial charge in [-0.1, -0.05) is 17.7 Å². The van der Waals surface area contributed by atoms with E-state index in [2.05, 4.69) is 20.7 Å². The zero-order valence-corrected chi connectivity index (χ0v) is 25.3. The standard InChI is InChI=1S/C27H29ClF3N7O5S/c1-15-22-21(26(43-15)7-9-32-10-8-26)24(40)38-25(34-23(35-38)16-5-11-36(12-6-16)44(2,41)42)37(22)14-20(39)33-19-4-3-17(13-18(19)28)27(29,30)31/h3-5,13,15,32H,6-12,14H2,1-2H3,(H,33,39)/t15-/m1/s1. The lowest BCUT2D eigenvalue weighted by Crippen LogP contribution is -2.43. The van der Waals surface area contributed by atoms with Crippen LogP contribution in [0.15, 0.2) is 29.1 Å². The molecule has 0 saturated carbocycles. The van der Waals surface area contributed by atoms with Gasteiger partial charge in [-0.05, 0) is 63.0 Å². The van der Waals surface area contributed by atoms with Crippen molar-refractivity contribution in [3.63, 3.8) is 0 Å². The minimum absolute atomic E-state index is 0.0116. The highest BCUT2D eigenvalue weighted by atomic mass is 35.5. The molecule has 1 saturated heterocycles. The van der Waals surface area contributed by atoms with Crippen molar-refractivity contribution in [1.29, 1.82) is 0 Å². The Labute approximate surface area is 254 Å². The van der Waals surface area contributed by atoms with Gasteiger partial charge in [-0.25, -0.2) is 8.42 Å². The van der Waals surface area contributed by atoms with E-state index in [0.29, 0.717) is 49.2 Å². The van der Waals surface area contributed by atoms with Crippen molar-refractivity contribution in [3.05, 3.63) is 62.3 Å². The number of benzene rings is 1. The minimum atomic E-state index is -4.60. The third-order valence-electron chi connectivity index (χ3n) is 8.24. The number of fused-ring (bicyclic) bond motifs is 3. The zero-order valence-electron chi connectivity index (χ0n) is 23.7. The summed E-state index contributed by atoms with van der Waals surface area (Å²) in [4.78, 5) is 32.0. The highest BCUT2D eigenvalue weighted by molar-refractivity contribution is 7.88. The maximum Gasteiger partial charge on any atom is 0.416 e. The number of rotatable bonds is 5. The summed E-state index contributed by atoms with van der Waals surface area (Å²) in [6.07, 6.45) is -0.996. The summed E-state index contributed by atoms with van der Waals surface area (Å²) in [5.74, 6) is -0.319. The number of hydrogen-bond donors (Lipinski definition) is 2. The first-order chi connectivity index (χ1) is 20.7. The Morgan fingerprint density at radius 2 is 2.00 bits per heavy atom. The molecule has 236 valence electrons. The second-order valence-corrected chi connectivity index (χ2v) is 13.5. The topological polar surface area (TPSA) is 140 Å². The number of anilines is 1. The van der Waals surface area contributed by atoms with Crippen LogP contribution in [0, 0.1) is 0 Å². The summed E-state index contributed by atoms with van der Waals surface area (Å²) in [7, 11) is -3.39. The average molecular weight is 656 g/mol. The number of carbonyl (C=O) groups excluding carboxylic acids is 1. The molecule has 3 aliphatic rings. The number of ether oxygens (including phenoxy) is 1. The van der Waals surface area contributed by atoms with Crippen molar-refractivity contribution in [2.75, 3.05) is 37.8 Å². The first-order valence-corrected chi connectivity index (χ1v) is 16.1. The molecular formula is C27H29ClF3N7O5S. The highest BCUT2D eigenvalue weighted by Gasteiger charge is 2.49. The van der Waals surface area contributed by atoms with Gasteiger partial charge in [0.05, 0.1) is 39.9 Å². The van der Waals surface area contributed by atoms with E-state index in [0.717, 1.165) is 29.0 Å². The second kappa shape index (κ2) is 10.9. The largest absolute Gasteiger partial charge is 0.416 e. The molecule has 5 heterocycles. The van der Waals surface area contributed by atoms with Crippen molar-refractivity contribution >= 4 is 44.6 Å². The molecule has 2 N–H and O–H groups in total. The Morgan fingerprint density at radius 3 is 2.61 bits per heavy atom. The summed E-state index contributed by atoms with van der Waals surface area (Å²) in [5, 5.41) is 10.1. The molecule has 6 rings (SSSR count). The van der Waals surface area contributed by atoms with E-state index >= 15 is 0 Å². The van der Waals surface area contributed by atoms with Gasteiger partial charge in [-0.2, -0.15) is 27.0 Å². The summed E-state index contributed by atoms with van der Waals surface area (Å²) in [6, 6.07) is 2.63. The molecule has 0 aliphatic carbocycles. The molecule has 44 heavy (non-hydrogen) atoms. The smallest absolute Gasteiger partial charge is 0.361 e. The van der Waals surface area contributed by atoms with Crippen LogP contribution in [0.25, 0.3) is 11.4 Å². The Balaban J connectivity index is 1.43. The molecular weight excluding hydrogens is 627 g/mol. The second-order valence-electron chi connectivity index (χ2n) is 11.1. The molecule has 1 fully saturated rings. The molecule has 12 nitrogen and oxygen atoms in total. The van der Waals surface area contributed by atoms with E-state index in [-0.39, 0.29) is 41.9 Å². The molecule has 0 radical (unpaired) electrons. The van der Waals surface area contributed by atoms with Crippen LogP contribution in [-0.2, 0) is 37.9 Å². The van der Waals surface area contributed by atoms with E-state index in [1.165, 1.54) is 4.31 Å². The lowest BCUT2D eigenvalue weighted by molar-refractivity contribution is -0.137. The lowest BCUT2D eigenvalue weighted by Gasteiger charge is -2.33. The SMILES string of the molecule is C[C@H]1OC2(CCNCC2)c2c1n(CC(=O)Nc1ccc(C(F)(F)F)cc1Cl)c1nc(C3=CCN(S(C)(=O)=O)CC3)nn1c2=O. The predicted molar refractivity (Wildman–Crippen MR) is 155 cm³/mol. The maximum absolute atomic E-state index is 14.0. The number of aromatic nitrogens is 4. The van der Waals surface area contributed by atoms with Crippen LogP contribution in [-0.4, -0.2) is 70.2 Å². The van der Waals surface area contributed by atoms with Gasteiger partial charge in [0.15, 0.2) is 5.82 Å². The van der Waals surface area contributed by atoms with Crippen molar-refractivity contribution in [2.45, 2.75) is 50.6 Å². The molecule has 17 heteroatoms. The molecule has 0 bridgehead atoms. The molecule has 1 amide bonds. The van der Waals surface area contributed by atoms with Crippen LogP contribution in [0.2, 0.25) is 5.02 Å². The molecule has 2 aromatic heterocycles. The van der Waals surface area contributed by atoms with Gasteiger partial charge >= 0.3 is 6.18 Å². The average Bonchev–Trinajstić information content (AvgIpc) is 3.52. The number of alkyl halides is 3. The predicted octanol–water partition coefficient (Wildman–Crippen LogP) is 2.92. The van der Waals surface area contributed by atoms with Gasteiger partial charge in [0.25, 0.3) is 5.56 Å². The number of hydrogen-bond acceptors (Lipinski definition) is 8. The number of amides is 1. The van der Waals surface area contributed by atoms with Crippen LogP contribution >= 0.6 is 11.6 Å². The van der Waals surface area contributed by atoms with Crippen molar-refractivity contribution in [2.24, 2.45) is 0 Å². The van der Waals surface area contributed by atoms with E-state index in [4.69, 9.17) is 16.3 Å². The number of sulfonamides is 1. The normalized spacial score (nSPS) is 20.6. The summed E-state index contributed by atoms with van der Waals surface area (Å²) in [5.41, 5.74) is -0.770. The van der Waals surface area contributed by atoms with Crippen LogP contribution < -0.4 is 16.2 Å². The fraction of sp³-hybridized carbons (Fsp3) is 0.481. The molecule has 3 aliphatic heterocycles. The Bertz CT molecular complexity index is 1870. The number of carbonyl (C=O) groups is 1. The third-order valence-corrected chi connectivity index (χ3v) is 9.82. The monoisotopic (exact) mass is 655 g/mol. The van der Waals surface area contributed by atoms with E-state index in [1.54, 1.807) is 17.6 Å². The lowest BCUT2D eigenvalue weighted by atomic mass is 9.86. The Kier molecular flexibility index (Phi) is 7.64. The van der Waals surface area contributed by atoms with Gasteiger partial charge in [-0.15, -0.1) is 5.10 Å². The minimum Gasteiger partial charge on any atom is -0.361 e. The van der Waals surface area contributed by atoms with E-state index in [1.807, 2.05) is 0 Å². The Morgan fingerprint density at radius 1 is 1.27 bits per heavy atom. The fourth-order valence-corrected chi connectivity index (χ4v) is 7.14. The molecule has 3 aromatic rings. The van der Waals surface area contributed by atoms with E-state index < -0.39 is 44.9 Å². The fourth-order valence-electron chi connectivity index (χ4n) is 6.15. The number of piperidine rings is 1. The van der Waals surface area contributed by atoms with Crippen molar-refractivity contribution in [1.82, 2.24) is 28.8 Å². The van der Waals surface area contributed by atoms with Crippen LogP contribution in [0.4, 0.5) is 18.9 Å². The van der Waals surface area contributed by atoms with Crippen LogP contribution in [0.3, 0.4) is 0 Å². The first-order valence-electron chi connectivity index (χ1n) is 13.9. The number of halogens is 4. The van der Waals surface area contributed by atoms with Crippen molar-refractivity contribution in [3.8, 4) is 0 Å². The summed E-state index contributed by atoms with van der Waals surface area (Å²) < 4.78 is 73.7. The van der Waals surface area contributed by atoms with Gasteiger partial charge in [0.2, 0.25) is 21.7 Å². The van der Waals surface area contributed by atoms with Gasteiger partial charge in [-0.3, -0.25) is 9.59 Å².